The molecule has 1 heterocycles. The monoisotopic (exact) mass is 438 g/mol. The van der Waals surface area contributed by atoms with E-state index in [2.05, 4.69) is 4.99 Å². The number of benzene rings is 2. The van der Waals surface area contributed by atoms with Crippen molar-refractivity contribution in [2.45, 2.75) is 11.8 Å². The number of amides is 1. The van der Waals surface area contributed by atoms with E-state index in [4.69, 9.17) is 26.3 Å². The van der Waals surface area contributed by atoms with Gasteiger partial charge in [0.05, 0.1) is 11.5 Å². The molecule has 146 valence electrons. The van der Waals surface area contributed by atoms with Crippen LogP contribution in [0.1, 0.15) is 12.5 Å². The minimum atomic E-state index is -4.07. The third-order valence-corrected chi connectivity index (χ3v) is 5.82. The van der Waals surface area contributed by atoms with Crippen LogP contribution in [0.15, 0.2) is 57.3 Å². The Balaban J connectivity index is 1.90. The minimum absolute atomic E-state index is 0.0279. The first-order chi connectivity index (χ1) is 13.3. The number of rotatable bonds is 6. The van der Waals surface area contributed by atoms with Crippen LogP contribution in [0.25, 0.3) is 6.08 Å². The number of nitrogens with zero attached hydrogens (tertiary/aromatic N) is 1. The Kier molecular flexibility index (Phi) is 5.97. The summed E-state index contributed by atoms with van der Waals surface area (Å²) in [6.45, 7) is 2.05. The van der Waals surface area contributed by atoms with Gasteiger partial charge in [-0.2, -0.15) is 13.4 Å². The molecule has 2 N–H and O–H groups in total. The van der Waals surface area contributed by atoms with Gasteiger partial charge in [-0.25, -0.2) is 0 Å². The Morgan fingerprint density at radius 2 is 1.89 bits per heavy atom. The van der Waals surface area contributed by atoms with Gasteiger partial charge < -0.3 is 14.7 Å². The molecule has 0 aromatic heterocycles. The molecule has 2 aromatic carbocycles. The lowest BCUT2D eigenvalue weighted by molar-refractivity contribution is -0.113. The zero-order valence-corrected chi connectivity index (χ0v) is 17.0. The summed E-state index contributed by atoms with van der Waals surface area (Å²) >= 11 is 6.85. The number of halogens is 1. The highest BCUT2D eigenvalue weighted by atomic mass is 35.5. The fourth-order valence-corrected chi connectivity index (χ4v) is 4.04. The summed E-state index contributed by atoms with van der Waals surface area (Å²) in [6.07, 6.45) is 1.59. The molecule has 1 aliphatic rings. The van der Waals surface area contributed by atoms with Gasteiger partial charge in [-0.15, -0.1) is 0 Å². The molecule has 0 saturated heterocycles. The first-order valence-corrected chi connectivity index (χ1v) is 10.6. The van der Waals surface area contributed by atoms with Crippen molar-refractivity contribution in [3.63, 3.8) is 0 Å². The third-order valence-electron chi connectivity index (χ3n) is 3.50. The van der Waals surface area contributed by atoms with Crippen molar-refractivity contribution in [3.8, 4) is 11.5 Å². The Labute approximate surface area is 171 Å². The van der Waals surface area contributed by atoms with Crippen LogP contribution in [0, 0.1) is 0 Å². The first kappa shape index (κ1) is 20.2. The van der Waals surface area contributed by atoms with Gasteiger partial charge in [-0.05, 0) is 66.7 Å². The molecular formula is C18H15ClN2O5S2. The van der Waals surface area contributed by atoms with E-state index in [1.807, 2.05) is 0 Å². The van der Waals surface area contributed by atoms with Crippen molar-refractivity contribution >= 4 is 50.6 Å². The highest BCUT2D eigenvalue weighted by Gasteiger charge is 2.21. The van der Waals surface area contributed by atoms with Gasteiger partial charge in [0.2, 0.25) is 0 Å². The maximum absolute atomic E-state index is 12.5. The summed E-state index contributed by atoms with van der Waals surface area (Å²) in [5.74, 6) is -0.176. The minimum Gasteiger partial charge on any atom is -0.490 e. The summed E-state index contributed by atoms with van der Waals surface area (Å²) < 4.78 is 35.8. The molecule has 1 aliphatic heterocycles. The van der Waals surface area contributed by atoms with Crippen LogP contribution in [0.3, 0.4) is 0 Å². The number of hydrogen-bond donors (Lipinski definition) is 1. The lowest BCUT2D eigenvalue weighted by Gasteiger charge is -2.13. The molecule has 0 aliphatic carbocycles. The molecule has 10 heteroatoms. The molecule has 28 heavy (non-hydrogen) atoms. The molecule has 7 nitrogen and oxygen atoms in total. The average Bonchev–Trinajstić information content (AvgIpc) is 2.95. The SMILES string of the molecule is CCOc1cc(/C=C2\SC(N)=NC2=O)ccc1OS(=O)(=O)c1ccc(Cl)cc1. The molecule has 0 fully saturated rings. The van der Waals surface area contributed by atoms with Crippen LogP contribution in [0.2, 0.25) is 5.02 Å². The quantitative estimate of drug-likeness (QED) is 0.543. The lowest BCUT2D eigenvalue weighted by atomic mass is 10.2. The number of carbonyl (C=O) groups excluding carboxylic acids is 1. The smallest absolute Gasteiger partial charge is 0.339 e. The molecule has 0 spiro atoms. The zero-order chi connectivity index (χ0) is 20.3. The summed E-state index contributed by atoms with van der Waals surface area (Å²) in [5.41, 5.74) is 6.15. The average molecular weight is 439 g/mol. The second-order valence-electron chi connectivity index (χ2n) is 5.50. The van der Waals surface area contributed by atoms with Crippen molar-refractivity contribution in [2.24, 2.45) is 10.7 Å². The van der Waals surface area contributed by atoms with Crippen molar-refractivity contribution < 1.29 is 22.1 Å². The Morgan fingerprint density at radius 1 is 1.18 bits per heavy atom. The van der Waals surface area contributed by atoms with E-state index >= 15 is 0 Å². The van der Waals surface area contributed by atoms with E-state index in [9.17, 15) is 13.2 Å². The van der Waals surface area contributed by atoms with Gasteiger partial charge in [0.15, 0.2) is 16.7 Å². The van der Waals surface area contributed by atoms with Crippen molar-refractivity contribution in [1.29, 1.82) is 0 Å². The number of carbonyl (C=O) groups is 1. The van der Waals surface area contributed by atoms with Gasteiger partial charge in [-0.1, -0.05) is 17.7 Å². The van der Waals surface area contributed by atoms with Crippen LogP contribution in [0.5, 0.6) is 11.5 Å². The van der Waals surface area contributed by atoms with E-state index < -0.39 is 16.0 Å². The summed E-state index contributed by atoms with van der Waals surface area (Å²) in [4.78, 5) is 15.7. The molecule has 1 amide bonds. The molecule has 0 unspecified atom stereocenters. The third kappa shape index (κ3) is 4.67. The fraction of sp³-hybridized carbons (Fsp3) is 0.111. The predicted molar refractivity (Wildman–Crippen MR) is 109 cm³/mol. The van der Waals surface area contributed by atoms with Gasteiger partial charge in [-0.3, -0.25) is 4.79 Å². The first-order valence-electron chi connectivity index (χ1n) is 8.03. The zero-order valence-electron chi connectivity index (χ0n) is 14.6. The number of hydrogen-bond acceptors (Lipinski definition) is 7. The van der Waals surface area contributed by atoms with Crippen LogP contribution in [-0.2, 0) is 14.9 Å². The Hall–Kier alpha value is -2.49. The Bertz CT molecular complexity index is 1080. The normalized spacial score (nSPS) is 15.6. The number of ether oxygens (including phenoxy) is 1. The van der Waals surface area contributed by atoms with Crippen LogP contribution in [-0.4, -0.2) is 26.1 Å². The van der Waals surface area contributed by atoms with Gasteiger partial charge in [0.1, 0.15) is 4.90 Å². The molecule has 3 rings (SSSR count). The van der Waals surface area contributed by atoms with E-state index in [1.165, 1.54) is 30.3 Å². The van der Waals surface area contributed by atoms with Crippen LogP contribution >= 0.6 is 23.4 Å². The molecule has 0 atom stereocenters. The summed E-state index contributed by atoms with van der Waals surface area (Å²) in [5, 5.41) is 0.589. The topological polar surface area (TPSA) is 108 Å². The maximum atomic E-state index is 12.5. The second-order valence-corrected chi connectivity index (χ2v) is 8.54. The maximum Gasteiger partial charge on any atom is 0.339 e. The van der Waals surface area contributed by atoms with Gasteiger partial charge >= 0.3 is 10.1 Å². The number of nitrogens with two attached hydrogens (primary N) is 1. The van der Waals surface area contributed by atoms with E-state index in [0.29, 0.717) is 22.1 Å². The van der Waals surface area contributed by atoms with Crippen molar-refractivity contribution in [2.75, 3.05) is 6.61 Å². The second kappa shape index (κ2) is 8.26. The predicted octanol–water partition coefficient (Wildman–Crippen LogP) is 3.44. The van der Waals surface area contributed by atoms with Gasteiger partial charge in [0.25, 0.3) is 5.91 Å². The number of aliphatic imine (C=N–C) groups is 1. The fourth-order valence-electron chi connectivity index (χ4n) is 2.30. The highest BCUT2D eigenvalue weighted by molar-refractivity contribution is 8.18. The van der Waals surface area contributed by atoms with Crippen molar-refractivity contribution in [1.82, 2.24) is 0 Å². The van der Waals surface area contributed by atoms with Gasteiger partial charge in [0, 0.05) is 5.02 Å². The van der Waals surface area contributed by atoms with E-state index in [1.54, 1.807) is 25.1 Å². The number of thioether (sulfide) groups is 1. The van der Waals surface area contributed by atoms with Crippen LogP contribution < -0.4 is 14.7 Å². The summed E-state index contributed by atoms with van der Waals surface area (Å²) in [6, 6.07) is 10.3. The van der Waals surface area contributed by atoms with Crippen LogP contribution in [0.4, 0.5) is 0 Å². The highest BCUT2D eigenvalue weighted by Crippen LogP contribution is 2.33. The largest absolute Gasteiger partial charge is 0.490 e. The molecule has 2 aromatic rings. The standard InChI is InChI=1S/C18H15ClN2O5S2/c1-2-25-15-9-11(10-16-17(22)21-18(20)27-16)3-8-14(15)26-28(23,24)13-6-4-12(19)5-7-13/h3-10H,2H2,1H3,(H2,20,21,22)/b16-10-. The molecule has 0 saturated carbocycles. The van der Waals surface area contributed by atoms with E-state index in [-0.39, 0.29) is 21.6 Å². The lowest BCUT2D eigenvalue weighted by Crippen LogP contribution is -2.10. The van der Waals surface area contributed by atoms with Crippen molar-refractivity contribution in [3.05, 3.63) is 58.0 Å². The van der Waals surface area contributed by atoms with E-state index in [0.717, 1.165) is 11.8 Å². The summed E-state index contributed by atoms with van der Waals surface area (Å²) in [7, 11) is -4.07. The molecule has 0 bridgehead atoms. The molecule has 0 radical (unpaired) electrons. The Morgan fingerprint density at radius 3 is 2.50 bits per heavy atom. The number of amidine groups is 1. The molecular weight excluding hydrogens is 424 g/mol.